The van der Waals surface area contributed by atoms with E-state index in [1.165, 1.54) is 56.1 Å². The molecule has 0 saturated carbocycles. The van der Waals surface area contributed by atoms with Gasteiger partial charge in [-0.05, 0) is 43.9 Å². The van der Waals surface area contributed by atoms with E-state index in [2.05, 4.69) is 161 Å². The number of fused-ring (bicyclic) bond motifs is 3. The summed E-state index contributed by atoms with van der Waals surface area (Å²) in [7, 11) is 0. The first-order valence-electron chi connectivity index (χ1n) is 17.4. The number of benzene rings is 5. The standard InChI is InChI=1S/C31H38N2.C14H10N.Au/c1-20(2)24-13-11-14-25(21(3)4)30(24)32-19-33(29-18-10-9-17-28(29)32)31-26(22(5)6)15-12-16-27(31)23(7)8;1-3-7-13-11(5-1)9-10-12-6-2-4-8-14(12)15-13;/h9-18,20-23H,1-8H3;1-10H;/q+2;-1;+1. The third-order valence-corrected chi connectivity index (χ3v) is 9.25. The summed E-state index contributed by atoms with van der Waals surface area (Å²) in [4.78, 5) is 0. The van der Waals surface area contributed by atoms with Crippen LogP contribution in [0.4, 0.5) is 34.1 Å². The van der Waals surface area contributed by atoms with Crippen LogP contribution >= 0.6 is 0 Å². The van der Waals surface area contributed by atoms with E-state index in [0.717, 1.165) is 11.4 Å². The van der Waals surface area contributed by atoms with E-state index >= 15 is 0 Å². The Kier molecular flexibility index (Phi) is 11.4. The average Bonchev–Trinajstić information content (AvgIpc) is 3.35. The fraction of sp³-hybridized carbons (Fsp3) is 0.267. The molecule has 0 fully saturated rings. The summed E-state index contributed by atoms with van der Waals surface area (Å²) in [6, 6.07) is 42.5. The molecule has 0 aromatic heterocycles. The van der Waals surface area contributed by atoms with Gasteiger partial charge in [0.25, 0.3) is 11.4 Å². The molecule has 0 atom stereocenters. The zero-order valence-electron chi connectivity index (χ0n) is 30.0. The van der Waals surface area contributed by atoms with Gasteiger partial charge in [-0.1, -0.05) is 165 Å². The molecule has 2 heterocycles. The molecule has 252 valence electrons. The van der Waals surface area contributed by atoms with Crippen molar-refractivity contribution in [1.29, 1.82) is 0 Å². The Bertz CT molecular complexity index is 1860. The van der Waals surface area contributed by atoms with Gasteiger partial charge in [-0.3, -0.25) is 0 Å². The molecule has 0 saturated heterocycles. The van der Waals surface area contributed by atoms with Crippen LogP contribution in [0.3, 0.4) is 0 Å². The van der Waals surface area contributed by atoms with Crippen LogP contribution in [0.1, 0.15) is 112 Å². The second-order valence-corrected chi connectivity index (χ2v) is 14.0. The van der Waals surface area contributed by atoms with Gasteiger partial charge >= 0.3 is 28.4 Å². The molecule has 7 rings (SSSR count). The molecule has 0 spiro atoms. The molecule has 3 nitrogen and oxygen atoms in total. The molecule has 0 bridgehead atoms. The van der Waals surface area contributed by atoms with E-state index in [9.17, 15) is 0 Å². The van der Waals surface area contributed by atoms with Crippen molar-refractivity contribution < 1.29 is 22.4 Å². The minimum Gasteiger partial charge on any atom is -0.657 e. The normalized spacial score (nSPS) is 12.7. The molecule has 5 aromatic carbocycles. The van der Waals surface area contributed by atoms with Crippen molar-refractivity contribution in [3.05, 3.63) is 148 Å². The number of rotatable bonds is 6. The summed E-state index contributed by atoms with van der Waals surface area (Å²) in [5.74, 6) is 1.71. The van der Waals surface area contributed by atoms with E-state index < -0.39 is 0 Å². The van der Waals surface area contributed by atoms with E-state index in [0.29, 0.717) is 23.7 Å². The Balaban J connectivity index is 0.000000243. The van der Waals surface area contributed by atoms with Gasteiger partial charge in [0.15, 0.2) is 0 Å². The Morgan fingerprint density at radius 3 is 1.10 bits per heavy atom. The van der Waals surface area contributed by atoms with Gasteiger partial charge in [-0.15, -0.1) is 11.4 Å². The van der Waals surface area contributed by atoms with Gasteiger partial charge in [0.1, 0.15) is 0 Å². The van der Waals surface area contributed by atoms with E-state index in [-0.39, 0.29) is 22.4 Å². The molecule has 49 heavy (non-hydrogen) atoms. The fourth-order valence-corrected chi connectivity index (χ4v) is 6.70. The third-order valence-electron chi connectivity index (χ3n) is 9.25. The van der Waals surface area contributed by atoms with Crippen molar-refractivity contribution in [2.75, 3.05) is 0 Å². The molecular formula is C45H48AuN3+2. The molecule has 0 N–H and O–H groups in total. The van der Waals surface area contributed by atoms with Crippen LogP contribution in [-0.4, -0.2) is 6.01 Å². The van der Waals surface area contributed by atoms with Gasteiger partial charge < -0.3 is 5.32 Å². The van der Waals surface area contributed by atoms with Crippen LogP contribution in [-0.2, 0) is 22.4 Å². The van der Waals surface area contributed by atoms with E-state index in [1.807, 2.05) is 36.4 Å². The number of hydrogen-bond donors (Lipinski definition) is 0. The van der Waals surface area contributed by atoms with Gasteiger partial charge in [0, 0.05) is 34.4 Å². The van der Waals surface area contributed by atoms with Crippen molar-refractivity contribution in [3.63, 3.8) is 0 Å². The largest absolute Gasteiger partial charge is 1.00 e. The minimum atomic E-state index is 0. The SMILES string of the molecule is C1=Cc2ccccc2[N-]c2ccccc21.CC(C)c1cccc(C(C)C)c1[N+]1=C=[N+](c2c(C(C)C)cccc2C(C)C)c2ccccc21.[Au+]. The molecule has 0 aliphatic carbocycles. The zero-order chi connectivity index (χ0) is 33.9. The summed E-state index contributed by atoms with van der Waals surface area (Å²) in [5, 5.41) is 4.64. The number of hydrogen-bond acceptors (Lipinski definition) is 0. The summed E-state index contributed by atoms with van der Waals surface area (Å²) >= 11 is 0. The topological polar surface area (TPSA) is 20.1 Å². The monoisotopic (exact) mass is 827 g/mol. The quantitative estimate of drug-likeness (QED) is 0.118. The van der Waals surface area contributed by atoms with E-state index in [1.54, 1.807) is 0 Å². The van der Waals surface area contributed by atoms with Gasteiger partial charge in [-0.2, -0.15) is 0 Å². The van der Waals surface area contributed by atoms with Gasteiger partial charge in [-0.25, -0.2) is 0 Å². The smallest absolute Gasteiger partial charge is 0.657 e. The summed E-state index contributed by atoms with van der Waals surface area (Å²) < 4.78 is 4.64. The second kappa shape index (κ2) is 15.5. The van der Waals surface area contributed by atoms with Crippen LogP contribution in [0, 0.1) is 0 Å². The maximum Gasteiger partial charge on any atom is 1.00 e. The molecule has 0 radical (unpaired) electrons. The van der Waals surface area contributed by atoms with E-state index in [4.69, 9.17) is 0 Å². The molecule has 0 amide bonds. The molecule has 0 unspecified atom stereocenters. The van der Waals surface area contributed by atoms with Crippen LogP contribution in [0.15, 0.2) is 109 Å². The maximum absolute atomic E-state index is 4.64. The Hall–Kier alpha value is -4.24. The van der Waals surface area contributed by atoms with Crippen LogP contribution in [0.25, 0.3) is 17.5 Å². The van der Waals surface area contributed by atoms with Crippen LogP contribution in [0.5, 0.6) is 0 Å². The van der Waals surface area contributed by atoms with Gasteiger partial charge in [0.05, 0.1) is 0 Å². The molecule has 2 aliphatic heterocycles. The minimum absolute atomic E-state index is 0. The number of nitrogens with zero attached hydrogens (tertiary/aromatic N) is 3. The third kappa shape index (κ3) is 7.37. The van der Waals surface area contributed by atoms with Crippen molar-refractivity contribution in [3.8, 4) is 0 Å². The van der Waals surface area contributed by atoms with Crippen molar-refractivity contribution >= 4 is 52.3 Å². The van der Waals surface area contributed by atoms with Crippen LogP contribution in [0.2, 0.25) is 0 Å². The molecule has 2 aliphatic rings. The summed E-state index contributed by atoms with van der Waals surface area (Å²) in [6.07, 6.45) is 4.23. The number of para-hydroxylation sites is 6. The molecule has 4 heteroatoms. The second-order valence-electron chi connectivity index (χ2n) is 14.0. The van der Waals surface area contributed by atoms with Gasteiger partial charge in [0.2, 0.25) is 11.4 Å². The fourth-order valence-electron chi connectivity index (χ4n) is 6.70. The first-order valence-corrected chi connectivity index (χ1v) is 17.4. The Labute approximate surface area is 309 Å². The predicted octanol–water partition coefficient (Wildman–Crippen LogP) is 13.5. The maximum atomic E-state index is 4.64. The zero-order valence-corrected chi connectivity index (χ0v) is 32.2. The summed E-state index contributed by atoms with van der Waals surface area (Å²) in [5.41, 5.74) is 14.9. The van der Waals surface area contributed by atoms with Crippen molar-refractivity contribution in [2.24, 2.45) is 0 Å². The summed E-state index contributed by atoms with van der Waals surface area (Å²) in [6.45, 7) is 18.3. The van der Waals surface area contributed by atoms with Crippen LogP contribution < -0.4 is 9.15 Å². The van der Waals surface area contributed by atoms with Crippen molar-refractivity contribution in [2.45, 2.75) is 79.1 Å². The molecule has 5 aromatic rings. The Morgan fingerprint density at radius 2 is 0.755 bits per heavy atom. The Morgan fingerprint density at radius 1 is 0.429 bits per heavy atom. The first kappa shape index (κ1) is 36.1. The molecular weight excluding hydrogens is 779 g/mol. The predicted molar refractivity (Wildman–Crippen MR) is 208 cm³/mol. The van der Waals surface area contributed by atoms with Crippen molar-refractivity contribution in [1.82, 2.24) is 9.15 Å². The first-order chi connectivity index (χ1) is 23.2. The average molecular weight is 828 g/mol.